The largest absolute Gasteiger partial charge is 0.481 e. The van der Waals surface area contributed by atoms with Gasteiger partial charge in [0.05, 0.1) is 5.92 Å². The first-order chi connectivity index (χ1) is 11.1. The number of rotatable bonds is 4. The molecule has 0 bridgehead atoms. The van der Waals surface area contributed by atoms with Crippen LogP contribution in [0.1, 0.15) is 79.9 Å². The van der Waals surface area contributed by atoms with E-state index in [1.54, 1.807) is 0 Å². The summed E-state index contributed by atoms with van der Waals surface area (Å²) in [5.41, 5.74) is 1.52. The van der Waals surface area contributed by atoms with Gasteiger partial charge in [-0.15, -0.1) is 0 Å². The minimum Gasteiger partial charge on any atom is -0.481 e. The Morgan fingerprint density at radius 1 is 1.09 bits per heavy atom. The molecule has 2 aliphatic rings. The lowest BCUT2D eigenvalue weighted by atomic mass is 9.86. The van der Waals surface area contributed by atoms with Crippen molar-refractivity contribution in [1.82, 2.24) is 15.5 Å². The predicted molar refractivity (Wildman–Crippen MR) is 85.3 cm³/mol. The van der Waals surface area contributed by atoms with Gasteiger partial charge < -0.3 is 10.4 Å². The van der Waals surface area contributed by atoms with E-state index in [9.17, 15) is 9.59 Å². The van der Waals surface area contributed by atoms with Crippen LogP contribution in [0.2, 0.25) is 0 Å². The fourth-order valence-corrected chi connectivity index (χ4v) is 3.82. The molecule has 6 heteroatoms. The molecule has 1 aromatic heterocycles. The summed E-state index contributed by atoms with van der Waals surface area (Å²) in [7, 11) is 0. The van der Waals surface area contributed by atoms with Crippen molar-refractivity contribution in [1.29, 1.82) is 0 Å². The maximum Gasteiger partial charge on any atom is 0.306 e. The minimum atomic E-state index is -0.723. The Balaban J connectivity index is 1.52. The number of carboxylic acid groups (broad SMARTS) is 1. The molecule has 2 saturated carbocycles. The summed E-state index contributed by atoms with van der Waals surface area (Å²) in [6.45, 7) is 0. The van der Waals surface area contributed by atoms with Crippen molar-refractivity contribution >= 4 is 11.9 Å². The van der Waals surface area contributed by atoms with Gasteiger partial charge in [0.25, 0.3) is 5.91 Å². The second-order valence-electron chi connectivity index (χ2n) is 6.90. The van der Waals surface area contributed by atoms with Crippen molar-refractivity contribution < 1.29 is 14.7 Å². The van der Waals surface area contributed by atoms with Gasteiger partial charge in [-0.3, -0.25) is 14.7 Å². The highest BCUT2D eigenvalue weighted by Crippen LogP contribution is 2.31. The second kappa shape index (κ2) is 7.15. The molecule has 0 saturated heterocycles. The summed E-state index contributed by atoms with van der Waals surface area (Å²) in [6, 6.07) is 1.95. The lowest BCUT2D eigenvalue weighted by Gasteiger charge is -2.26. The number of aromatic nitrogens is 2. The van der Waals surface area contributed by atoms with Gasteiger partial charge in [0.1, 0.15) is 5.69 Å². The van der Waals surface area contributed by atoms with E-state index in [-0.39, 0.29) is 17.9 Å². The Labute approximate surface area is 136 Å². The van der Waals surface area contributed by atoms with Crippen molar-refractivity contribution in [2.45, 2.75) is 69.7 Å². The van der Waals surface area contributed by atoms with Gasteiger partial charge in [-0.05, 0) is 44.6 Å². The predicted octanol–water partition coefficient (Wildman–Crippen LogP) is 2.83. The number of aliphatic carboxylic acids is 1. The van der Waals surface area contributed by atoms with E-state index >= 15 is 0 Å². The van der Waals surface area contributed by atoms with E-state index in [1.165, 1.54) is 32.1 Å². The standard InChI is InChI=1S/C17H25N3O3/c21-16(18-13-8-6-12(7-9-13)17(22)23)15-10-14(19-20-15)11-4-2-1-3-5-11/h10-13H,1-9H2,(H,18,21)(H,19,20)(H,22,23). The number of H-pyrrole nitrogens is 1. The maximum atomic E-state index is 12.3. The molecule has 0 unspecified atom stereocenters. The second-order valence-corrected chi connectivity index (χ2v) is 6.90. The Hall–Kier alpha value is -1.85. The van der Waals surface area contributed by atoms with Crippen LogP contribution in [0.5, 0.6) is 0 Å². The maximum absolute atomic E-state index is 12.3. The highest BCUT2D eigenvalue weighted by atomic mass is 16.4. The van der Waals surface area contributed by atoms with E-state index in [2.05, 4.69) is 15.5 Å². The van der Waals surface area contributed by atoms with Crippen LogP contribution < -0.4 is 5.32 Å². The third-order valence-corrected chi connectivity index (χ3v) is 5.29. The molecule has 0 atom stereocenters. The Bertz CT molecular complexity index is 555. The zero-order valence-corrected chi connectivity index (χ0v) is 13.4. The molecule has 3 rings (SSSR count). The molecule has 0 aromatic carbocycles. The number of carbonyl (C=O) groups is 2. The average molecular weight is 319 g/mol. The van der Waals surface area contributed by atoms with E-state index in [1.807, 2.05) is 6.07 Å². The number of nitrogens with zero attached hydrogens (tertiary/aromatic N) is 1. The van der Waals surface area contributed by atoms with Gasteiger partial charge in [-0.2, -0.15) is 5.10 Å². The first-order valence-corrected chi connectivity index (χ1v) is 8.72. The number of hydrogen-bond acceptors (Lipinski definition) is 3. The molecule has 6 nitrogen and oxygen atoms in total. The third kappa shape index (κ3) is 3.92. The summed E-state index contributed by atoms with van der Waals surface area (Å²) in [4.78, 5) is 23.3. The molecule has 1 heterocycles. The van der Waals surface area contributed by atoms with E-state index < -0.39 is 5.97 Å². The lowest BCUT2D eigenvalue weighted by Crippen LogP contribution is -2.38. The molecule has 0 aliphatic heterocycles. The number of carbonyl (C=O) groups excluding carboxylic acids is 1. The molecule has 0 spiro atoms. The van der Waals surface area contributed by atoms with Gasteiger partial charge in [-0.1, -0.05) is 19.3 Å². The van der Waals surface area contributed by atoms with E-state index in [0.717, 1.165) is 18.5 Å². The number of carboxylic acids is 1. The van der Waals surface area contributed by atoms with Crippen molar-refractivity contribution in [3.05, 3.63) is 17.5 Å². The van der Waals surface area contributed by atoms with Crippen LogP contribution in [0.15, 0.2) is 6.07 Å². The molecule has 1 aromatic rings. The molecule has 3 N–H and O–H groups in total. The fraction of sp³-hybridized carbons (Fsp3) is 0.706. The minimum absolute atomic E-state index is 0.0629. The zero-order chi connectivity index (χ0) is 16.2. The first kappa shape index (κ1) is 16.0. The first-order valence-electron chi connectivity index (χ1n) is 8.72. The SMILES string of the molecule is O=C(NC1CCC(C(=O)O)CC1)c1cc(C2CCCCC2)[nH]n1. The fourth-order valence-electron chi connectivity index (χ4n) is 3.82. The normalized spacial score (nSPS) is 25.9. The van der Waals surface area contributed by atoms with Gasteiger partial charge in [0.15, 0.2) is 0 Å². The van der Waals surface area contributed by atoms with Crippen LogP contribution in [0.3, 0.4) is 0 Å². The molecule has 0 radical (unpaired) electrons. The number of aromatic amines is 1. The van der Waals surface area contributed by atoms with Crippen LogP contribution in [-0.2, 0) is 4.79 Å². The average Bonchev–Trinajstić information content (AvgIpc) is 3.06. The molecule has 2 aliphatic carbocycles. The number of amides is 1. The summed E-state index contributed by atoms with van der Waals surface area (Å²) in [5, 5.41) is 19.2. The van der Waals surface area contributed by atoms with Crippen molar-refractivity contribution in [2.75, 3.05) is 0 Å². The van der Waals surface area contributed by atoms with Crippen LogP contribution in [0.25, 0.3) is 0 Å². The number of nitrogens with one attached hydrogen (secondary N) is 2. The van der Waals surface area contributed by atoms with Gasteiger partial charge in [0.2, 0.25) is 0 Å². The van der Waals surface area contributed by atoms with Crippen LogP contribution in [0, 0.1) is 5.92 Å². The van der Waals surface area contributed by atoms with Gasteiger partial charge in [-0.25, -0.2) is 0 Å². The van der Waals surface area contributed by atoms with Crippen molar-refractivity contribution in [3.8, 4) is 0 Å². The monoisotopic (exact) mass is 319 g/mol. The Kier molecular flexibility index (Phi) is 4.98. The summed E-state index contributed by atoms with van der Waals surface area (Å²) < 4.78 is 0. The molecule has 1 amide bonds. The molecule has 126 valence electrons. The Morgan fingerprint density at radius 2 is 1.78 bits per heavy atom. The number of hydrogen-bond donors (Lipinski definition) is 3. The topological polar surface area (TPSA) is 95.1 Å². The summed E-state index contributed by atoms with van der Waals surface area (Å²) in [5.74, 6) is -0.628. The highest BCUT2D eigenvalue weighted by molar-refractivity contribution is 5.92. The zero-order valence-electron chi connectivity index (χ0n) is 13.4. The molecular formula is C17H25N3O3. The van der Waals surface area contributed by atoms with E-state index in [4.69, 9.17) is 5.11 Å². The highest BCUT2D eigenvalue weighted by Gasteiger charge is 2.27. The molecular weight excluding hydrogens is 294 g/mol. The van der Waals surface area contributed by atoms with Crippen molar-refractivity contribution in [2.24, 2.45) is 5.92 Å². The Morgan fingerprint density at radius 3 is 2.43 bits per heavy atom. The smallest absolute Gasteiger partial charge is 0.306 e. The summed E-state index contributed by atoms with van der Waals surface area (Å²) >= 11 is 0. The van der Waals surface area contributed by atoms with Crippen molar-refractivity contribution in [3.63, 3.8) is 0 Å². The molecule has 23 heavy (non-hydrogen) atoms. The lowest BCUT2D eigenvalue weighted by molar-refractivity contribution is -0.142. The van der Waals surface area contributed by atoms with Crippen LogP contribution in [-0.4, -0.2) is 33.2 Å². The van der Waals surface area contributed by atoms with Crippen LogP contribution in [0.4, 0.5) is 0 Å². The van der Waals surface area contributed by atoms with Gasteiger partial charge in [0, 0.05) is 17.7 Å². The summed E-state index contributed by atoms with van der Waals surface area (Å²) in [6.07, 6.45) is 8.85. The molecule has 2 fully saturated rings. The van der Waals surface area contributed by atoms with E-state index in [0.29, 0.717) is 24.5 Å². The van der Waals surface area contributed by atoms with Gasteiger partial charge >= 0.3 is 5.97 Å². The van der Waals surface area contributed by atoms with Crippen LogP contribution >= 0.6 is 0 Å². The third-order valence-electron chi connectivity index (χ3n) is 5.29. The quantitative estimate of drug-likeness (QED) is 0.795.